The van der Waals surface area contributed by atoms with Crippen molar-refractivity contribution in [3.63, 3.8) is 0 Å². The Hall–Kier alpha value is -3.06. The molecule has 1 aromatic carbocycles. The Morgan fingerprint density at radius 2 is 2.03 bits per heavy atom. The van der Waals surface area contributed by atoms with Crippen LogP contribution in [0, 0.1) is 19.8 Å². The SMILES string of the molecule is Cc1nc(=O)[nH]c(C)c1CCC(=O)N1C[C@@H](Cc2ccnc3ccccc23)[C@H](O)C1. The number of aryl methyl sites for hydroxylation is 2. The molecule has 4 rings (SSSR count). The van der Waals surface area contributed by atoms with Gasteiger partial charge in [0.2, 0.25) is 5.91 Å². The Bertz CT molecular complexity index is 1110. The number of carbonyl (C=O) groups is 1. The van der Waals surface area contributed by atoms with Gasteiger partial charge in [-0.2, -0.15) is 4.98 Å². The normalized spacial score (nSPS) is 18.8. The van der Waals surface area contributed by atoms with Gasteiger partial charge in [0, 0.05) is 48.4 Å². The second kappa shape index (κ2) is 8.36. The van der Waals surface area contributed by atoms with Crippen LogP contribution in [0.25, 0.3) is 10.9 Å². The third-order valence-corrected chi connectivity index (χ3v) is 6.02. The molecule has 0 spiro atoms. The van der Waals surface area contributed by atoms with Gasteiger partial charge in [-0.15, -0.1) is 0 Å². The summed E-state index contributed by atoms with van der Waals surface area (Å²) in [7, 11) is 0. The molecule has 2 aromatic heterocycles. The van der Waals surface area contributed by atoms with Crippen LogP contribution < -0.4 is 5.69 Å². The van der Waals surface area contributed by atoms with E-state index in [1.807, 2.05) is 37.3 Å². The van der Waals surface area contributed by atoms with E-state index in [0.29, 0.717) is 38.0 Å². The van der Waals surface area contributed by atoms with E-state index in [2.05, 4.69) is 15.0 Å². The van der Waals surface area contributed by atoms with E-state index in [0.717, 1.165) is 27.7 Å². The van der Waals surface area contributed by atoms with Gasteiger partial charge in [0.05, 0.1) is 11.6 Å². The molecule has 1 aliphatic rings. The van der Waals surface area contributed by atoms with Gasteiger partial charge in [0.1, 0.15) is 0 Å². The van der Waals surface area contributed by atoms with Crippen LogP contribution >= 0.6 is 0 Å². The highest BCUT2D eigenvalue weighted by Gasteiger charge is 2.34. The number of hydrogen-bond donors (Lipinski definition) is 2. The average Bonchev–Trinajstić information content (AvgIpc) is 3.08. The van der Waals surface area contributed by atoms with Crippen LogP contribution in [-0.2, 0) is 17.6 Å². The summed E-state index contributed by atoms with van der Waals surface area (Å²) >= 11 is 0. The summed E-state index contributed by atoms with van der Waals surface area (Å²) in [6.45, 7) is 4.51. The number of aromatic nitrogens is 3. The first-order valence-corrected chi connectivity index (χ1v) is 10.3. The first kappa shape index (κ1) is 20.2. The molecule has 7 heteroatoms. The Labute approximate surface area is 174 Å². The number of aromatic amines is 1. The summed E-state index contributed by atoms with van der Waals surface area (Å²) < 4.78 is 0. The number of nitrogens with zero attached hydrogens (tertiary/aromatic N) is 3. The van der Waals surface area contributed by atoms with E-state index in [9.17, 15) is 14.7 Å². The zero-order chi connectivity index (χ0) is 21.3. The van der Waals surface area contributed by atoms with Crippen molar-refractivity contribution >= 4 is 16.8 Å². The highest BCUT2D eigenvalue weighted by Crippen LogP contribution is 2.26. The Morgan fingerprint density at radius 3 is 2.83 bits per heavy atom. The number of β-amino-alcohol motifs (C(OH)–C–C–N with tert-alkyl or cyclic N) is 1. The second-order valence-corrected chi connectivity index (χ2v) is 8.05. The van der Waals surface area contributed by atoms with Crippen LogP contribution in [0.15, 0.2) is 41.3 Å². The van der Waals surface area contributed by atoms with Gasteiger partial charge in [0.15, 0.2) is 0 Å². The highest BCUT2D eigenvalue weighted by atomic mass is 16.3. The molecule has 0 bridgehead atoms. The van der Waals surface area contributed by atoms with Gasteiger partial charge in [-0.05, 0) is 49.9 Å². The Kier molecular flexibility index (Phi) is 5.63. The first-order chi connectivity index (χ1) is 14.4. The lowest BCUT2D eigenvalue weighted by Crippen LogP contribution is -2.30. The molecule has 0 unspecified atom stereocenters. The fourth-order valence-corrected chi connectivity index (χ4v) is 4.39. The average molecular weight is 406 g/mol. The van der Waals surface area contributed by atoms with Gasteiger partial charge in [0.25, 0.3) is 0 Å². The van der Waals surface area contributed by atoms with Gasteiger partial charge >= 0.3 is 5.69 Å². The minimum absolute atomic E-state index is 0.00187. The van der Waals surface area contributed by atoms with Gasteiger partial charge in [-0.1, -0.05) is 18.2 Å². The van der Waals surface area contributed by atoms with E-state index in [1.54, 1.807) is 18.0 Å². The number of carbonyl (C=O) groups excluding carboxylic acids is 1. The maximum atomic E-state index is 12.8. The number of fused-ring (bicyclic) bond motifs is 1. The quantitative estimate of drug-likeness (QED) is 0.675. The van der Waals surface area contributed by atoms with E-state index < -0.39 is 6.10 Å². The van der Waals surface area contributed by atoms with Crippen LogP contribution in [0.1, 0.15) is 28.9 Å². The lowest BCUT2D eigenvalue weighted by molar-refractivity contribution is -0.130. The Morgan fingerprint density at radius 1 is 1.23 bits per heavy atom. The molecule has 1 saturated heterocycles. The lowest BCUT2D eigenvalue weighted by atomic mass is 9.94. The van der Waals surface area contributed by atoms with Crippen molar-refractivity contribution in [2.75, 3.05) is 13.1 Å². The third kappa shape index (κ3) is 4.11. The molecule has 156 valence electrons. The number of benzene rings is 1. The number of pyridine rings is 1. The molecule has 0 aliphatic carbocycles. The molecule has 0 saturated carbocycles. The van der Waals surface area contributed by atoms with Crippen LogP contribution in [0.5, 0.6) is 0 Å². The van der Waals surface area contributed by atoms with Crippen molar-refractivity contribution in [1.82, 2.24) is 19.9 Å². The molecule has 1 amide bonds. The van der Waals surface area contributed by atoms with E-state index >= 15 is 0 Å². The smallest absolute Gasteiger partial charge is 0.345 e. The van der Waals surface area contributed by atoms with Gasteiger partial charge < -0.3 is 15.0 Å². The predicted molar refractivity (Wildman–Crippen MR) is 114 cm³/mol. The maximum absolute atomic E-state index is 12.8. The third-order valence-electron chi connectivity index (χ3n) is 6.02. The number of hydrogen-bond acceptors (Lipinski definition) is 5. The molecule has 2 N–H and O–H groups in total. The number of rotatable bonds is 5. The number of aliphatic hydroxyl groups is 1. The molecule has 30 heavy (non-hydrogen) atoms. The van der Waals surface area contributed by atoms with E-state index in [4.69, 9.17) is 0 Å². The monoisotopic (exact) mass is 406 g/mol. The summed E-state index contributed by atoms with van der Waals surface area (Å²) in [5, 5.41) is 11.7. The van der Waals surface area contributed by atoms with Crippen molar-refractivity contribution in [3.05, 3.63) is 69.5 Å². The van der Waals surface area contributed by atoms with E-state index in [1.165, 1.54) is 0 Å². The number of likely N-dealkylation sites (tertiary alicyclic amines) is 1. The molecule has 2 atom stereocenters. The number of amides is 1. The zero-order valence-corrected chi connectivity index (χ0v) is 17.3. The second-order valence-electron chi connectivity index (χ2n) is 8.05. The minimum Gasteiger partial charge on any atom is -0.391 e. The van der Waals surface area contributed by atoms with Crippen molar-refractivity contribution < 1.29 is 9.90 Å². The van der Waals surface area contributed by atoms with Gasteiger partial charge in [-0.25, -0.2) is 4.79 Å². The van der Waals surface area contributed by atoms with Crippen LogP contribution in [-0.4, -0.2) is 50.1 Å². The van der Waals surface area contributed by atoms with Crippen LogP contribution in [0.4, 0.5) is 0 Å². The lowest BCUT2D eigenvalue weighted by Gasteiger charge is -2.17. The zero-order valence-electron chi connectivity index (χ0n) is 17.3. The molecule has 1 fully saturated rings. The largest absolute Gasteiger partial charge is 0.391 e. The van der Waals surface area contributed by atoms with Gasteiger partial charge in [-0.3, -0.25) is 9.78 Å². The number of para-hydroxylation sites is 1. The Balaban J connectivity index is 1.41. The van der Waals surface area contributed by atoms with E-state index in [-0.39, 0.29) is 17.5 Å². The fourth-order valence-electron chi connectivity index (χ4n) is 4.39. The predicted octanol–water partition coefficient (Wildman–Crippen LogP) is 1.93. The number of nitrogens with one attached hydrogen (secondary N) is 1. The topological polar surface area (TPSA) is 99.2 Å². The van der Waals surface area contributed by atoms with Crippen molar-refractivity contribution in [3.8, 4) is 0 Å². The summed E-state index contributed by atoms with van der Waals surface area (Å²) in [4.78, 5) is 37.0. The summed E-state index contributed by atoms with van der Waals surface area (Å²) in [6, 6.07) is 9.98. The number of H-pyrrole nitrogens is 1. The minimum atomic E-state index is -0.543. The van der Waals surface area contributed by atoms with Crippen molar-refractivity contribution in [2.24, 2.45) is 5.92 Å². The molecule has 3 heterocycles. The fraction of sp³-hybridized carbons (Fsp3) is 0.391. The molecule has 7 nitrogen and oxygen atoms in total. The molecule has 1 aliphatic heterocycles. The standard InChI is InChI=1S/C23H26N4O3/c1-14-18(15(2)26-23(30)25-14)7-8-22(29)27-12-17(21(28)13-27)11-16-9-10-24-20-6-4-3-5-19(16)20/h3-6,9-10,17,21,28H,7-8,11-13H2,1-2H3,(H,25,26,30)/t17-,21-/m1/s1. The highest BCUT2D eigenvalue weighted by molar-refractivity contribution is 5.82. The van der Waals surface area contributed by atoms with Crippen LogP contribution in [0.2, 0.25) is 0 Å². The molecule has 0 radical (unpaired) electrons. The van der Waals surface area contributed by atoms with Crippen molar-refractivity contribution in [1.29, 1.82) is 0 Å². The molecular formula is C23H26N4O3. The number of aliphatic hydroxyl groups excluding tert-OH is 1. The molecule has 3 aromatic rings. The van der Waals surface area contributed by atoms with Crippen molar-refractivity contribution in [2.45, 2.75) is 39.2 Å². The first-order valence-electron chi connectivity index (χ1n) is 10.3. The summed E-state index contributed by atoms with van der Waals surface area (Å²) in [5.74, 6) is 0.0131. The summed E-state index contributed by atoms with van der Waals surface area (Å²) in [6.07, 6.45) is 2.81. The maximum Gasteiger partial charge on any atom is 0.345 e. The van der Waals surface area contributed by atoms with Crippen LogP contribution in [0.3, 0.4) is 0 Å². The molecular weight excluding hydrogens is 380 g/mol. The summed E-state index contributed by atoms with van der Waals surface area (Å²) in [5.41, 5.74) is 4.04.